The van der Waals surface area contributed by atoms with Crippen LogP contribution in [0.5, 0.6) is 0 Å². The van der Waals surface area contributed by atoms with E-state index in [9.17, 15) is 9.59 Å². The van der Waals surface area contributed by atoms with Gasteiger partial charge < -0.3 is 10.6 Å². The molecule has 1 aliphatic rings. The third-order valence-electron chi connectivity index (χ3n) is 4.01. The molecule has 24 heavy (non-hydrogen) atoms. The van der Waals surface area contributed by atoms with Crippen molar-refractivity contribution in [1.29, 1.82) is 0 Å². The van der Waals surface area contributed by atoms with E-state index >= 15 is 0 Å². The van der Waals surface area contributed by atoms with Gasteiger partial charge in [0.25, 0.3) is 0 Å². The Morgan fingerprint density at radius 2 is 1.83 bits per heavy atom. The van der Waals surface area contributed by atoms with Gasteiger partial charge in [-0.2, -0.15) is 0 Å². The monoisotopic (exact) mass is 340 g/mol. The zero-order chi connectivity index (χ0) is 16.8. The highest BCUT2D eigenvalue weighted by molar-refractivity contribution is 7.10. The number of anilines is 2. The number of carbonyl (C=O) groups is 2. The Morgan fingerprint density at radius 1 is 1.04 bits per heavy atom. The Labute approximate surface area is 145 Å². The van der Waals surface area contributed by atoms with E-state index in [0.717, 1.165) is 24.1 Å². The summed E-state index contributed by atoms with van der Waals surface area (Å²) in [6, 6.07) is 11.2. The molecule has 0 aliphatic heterocycles. The van der Waals surface area contributed by atoms with Crippen molar-refractivity contribution in [3.8, 4) is 0 Å². The minimum atomic E-state index is -0.0836. The molecule has 0 saturated heterocycles. The molecule has 2 N–H and O–H groups in total. The second-order valence-corrected chi connectivity index (χ2v) is 6.85. The lowest BCUT2D eigenvalue weighted by molar-refractivity contribution is -0.120. The number of carbonyl (C=O) groups excluding carboxylic acids is 2. The number of amides is 2. The maximum atomic E-state index is 12.4. The molecule has 1 aliphatic carbocycles. The van der Waals surface area contributed by atoms with Crippen LogP contribution in [0.2, 0.25) is 0 Å². The quantitative estimate of drug-likeness (QED) is 0.801. The molecule has 2 aromatic rings. The van der Waals surface area contributed by atoms with Crippen LogP contribution in [-0.4, -0.2) is 11.8 Å². The zero-order valence-electron chi connectivity index (χ0n) is 13.3. The van der Waals surface area contributed by atoms with Crippen LogP contribution in [0.15, 0.2) is 53.9 Å². The predicted molar refractivity (Wildman–Crippen MR) is 98.2 cm³/mol. The van der Waals surface area contributed by atoms with Crippen LogP contribution in [-0.2, 0) is 16.0 Å². The van der Waals surface area contributed by atoms with Crippen molar-refractivity contribution < 1.29 is 9.59 Å². The lowest BCUT2D eigenvalue weighted by Crippen LogP contribution is -2.24. The fourth-order valence-electron chi connectivity index (χ4n) is 2.73. The van der Waals surface area contributed by atoms with E-state index in [-0.39, 0.29) is 17.7 Å². The number of rotatable bonds is 5. The number of nitrogens with one attached hydrogen (secondary N) is 2. The topological polar surface area (TPSA) is 58.2 Å². The van der Waals surface area contributed by atoms with Crippen LogP contribution in [0.3, 0.4) is 0 Å². The molecule has 124 valence electrons. The summed E-state index contributed by atoms with van der Waals surface area (Å²) in [4.78, 5) is 25.6. The lowest BCUT2D eigenvalue weighted by Gasteiger charge is -2.19. The second kappa shape index (κ2) is 7.93. The van der Waals surface area contributed by atoms with Gasteiger partial charge in [-0.05, 0) is 42.8 Å². The third-order valence-corrected chi connectivity index (χ3v) is 4.89. The van der Waals surface area contributed by atoms with Crippen LogP contribution < -0.4 is 10.6 Å². The largest absolute Gasteiger partial charge is 0.324 e. The molecule has 0 radical (unpaired) electrons. The Hall–Kier alpha value is -2.40. The van der Waals surface area contributed by atoms with Gasteiger partial charge in [-0.25, -0.2) is 0 Å². The summed E-state index contributed by atoms with van der Waals surface area (Å²) in [6.45, 7) is 0. The Morgan fingerprint density at radius 3 is 2.50 bits per heavy atom. The standard InChI is InChI=1S/C19H20N2O2S/c22-18(13-15-9-6-12-24-15)20-16-10-4-5-11-17(16)21-19(23)14-7-2-1-3-8-14/h1-2,4-6,9-12,14H,3,7-8,13H2,(H,20,22)(H,21,23)/t14-/m0/s1. The summed E-state index contributed by atoms with van der Waals surface area (Å²) in [5.74, 6) is -0.0658. The van der Waals surface area contributed by atoms with E-state index in [4.69, 9.17) is 0 Å². The molecule has 1 aromatic heterocycles. The fraction of sp³-hybridized carbons (Fsp3) is 0.263. The smallest absolute Gasteiger partial charge is 0.229 e. The minimum absolute atomic E-state index is 0.00452. The van der Waals surface area contributed by atoms with E-state index in [1.54, 1.807) is 11.3 Å². The Balaban J connectivity index is 1.65. The summed E-state index contributed by atoms with van der Waals surface area (Å²) in [5.41, 5.74) is 1.29. The number of hydrogen-bond acceptors (Lipinski definition) is 3. The van der Waals surface area contributed by atoms with Gasteiger partial charge in [0.2, 0.25) is 11.8 Å². The predicted octanol–water partition coefficient (Wildman–Crippen LogP) is 4.22. The molecule has 0 unspecified atom stereocenters. The molecular formula is C19H20N2O2S. The normalized spacial score (nSPS) is 16.6. The van der Waals surface area contributed by atoms with Crippen molar-refractivity contribution in [2.75, 3.05) is 10.6 Å². The first kappa shape index (κ1) is 16.5. The second-order valence-electron chi connectivity index (χ2n) is 5.82. The van der Waals surface area contributed by atoms with Crippen molar-refractivity contribution in [3.63, 3.8) is 0 Å². The highest BCUT2D eigenvalue weighted by Gasteiger charge is 2.19. The summed E-state index contributed by atoms with van der Waals surface area (Å²) in [6.07, 6.45) is 7.10. The molecule has 0 fully saturated rings. The van der Waals surface area contributed by atoms with Crippen molar-refractivity contribution >= 4 is 34.5 Å². The number of allylic oxidation sites excluding steroid dienone is 2. The maximum Gasteiger partial charge on any atom is 0.229 e. The van der Waals surface area contributed by atoms with Crippen LogP contribution >= 0.6 is 11.3 Å². The van der Waals surface area contributed by atoms with E-state index in [1.807, 2.05) is 41.8 Å². The average molecular weight is 340 g/mol. The zero-order valence-corrected chi connectivity index (χ0v) is 14.1. The highest BCUT2D eigenvalue weighted by atomic mass is 32.1. The lowest BCUT2D eigenvalue weighted by atomic mass is 9.93. The van der Waals surface area contributed by atoms with Gasteiger partial charge in [-0.15, -0.1) is 11.3 Å². The maximum absolute atomic E-state index is 12.4. The van der Waals surface area contributed by atoms with Gasteiger partial charge in [0, 0.05) is 10.8 Å². The number of para-hydroxylation sites is 2. The van der Waals surface area contributed by atoms with Gasteiger partial charge >= 0.3 is 0 Å². The van der Waals surface area contributed by atoms with Gasteiger partial charge in [-0.3, -0.25) is 9.59 Å². The first-order chi connectivity index (χ1) is 11.7. The summed E-state index contributed by atoms with van der Waals surface area (Å²) in [5, 5.41) is 7.81. The van der Waals surface area contributed by atoms with Crippen LogP contribution in [0.4, 0.5) is 11.4 Å². The van der Waals surface area contributed by atoms with Crippen LogP contribution in [0.1, 0.15) is 24.1 Å². The third kappa shape index (κ3) is 4.32. The number of benzene rings is 1. The molecule has 2 amide bonds. The summed E-state index contributed by atoms with van der Waals surface area (Å²) >= 11 is 1.56. The van der Waals surface area contributed by atoms with Gasteiger partial charge in [0.1, 0.15) is 0 Å². The van der Waals surface area contributed by atoms with Gasteiger partial charge in [0.05, 0.1) is 17.8 Å². The first-order valence-corrected chi connectivity index (χ1v) is 8.97. The highest BCUT2D eigenvalue weighted by Crippen LogP contribution is 2.25. The molecule has 1 heterocycles. The number of thiophene rings is 1. The summed E-state index contributed by atoms with van der Waals surface area (Å²) in [7, 11) is 0. The van der Waals surface area contributed by atoms with Crippen LogP contribution in [0, 0.1) is 5.92 Å². The number of hydrogen-bond donors (Lipinski definition) is 2. The first-order valence-electron chi connectivity index (χ1n) is 8.09. The molecular weight excluding hydrogens is 320 g/mol. The fourth-order valence-corrected chi connectivity index (χ4v) is 3.44. The van der Waals surface area contributed by atoms with Crippen molar-refractivity contribution in [3.05, 3.63) is 58.8 Å². The summed E-state index contributed by atoms with van der Waals surface area (Å²) < 4.78 is 0. The van der Waals surface area contributed by atoms with Crippen molar-refractivity contribution in [2.24, 2.45) is 5.92 Å². The molecule has 3 rings (SSSR count). The Bertz CT molecular complexity index is 738. The molecule has 1 atom stereocenters. The van der Waals surface area contributed by atoms with E-state index in [2.05, 4.69) is 22.8 Å². The van der Waals surface area contributed by atoms with E-state index < -0.39 is 0 Å². The van der Waals surface area contributed by atoms with E-state index in [0.29, 0.717) is 17.8 Å². The van der Waals surface area contributed by atoms with Gasteiger partial charge in [-0.1, -0.05) is 30.4 Å². The molecule has 0 spiro atoms. The molecule has 0 saturated carbocycles. The minimum Gasteiger partial charge on any atom is -0.324 e. The van der Waals surface area contributed by atoms with Gasteiger partial charge in [0.15, 0.2) is 0 Å². The molecule has 4 nitrogen and oxygen atoms in total. The van der Waals surface area contributed by atoms with E-state index in [1.165, 1.54) is 0 Å². The Kier molecular flexibility index (Phi) is 5.43. The van der Waals surface area contributed by atoms with Crippen molar-refractivity contribution in [1.82, 2.24) is 0 Å². The van der Waals surface area contributed by atoms with Crippen LogP contribution in [0.25, 0.3) is 0 Å². The molecule has 1 aromatic carbocycles. The molecule has 5 heteroatoms. The van der Waals surface area contributed by atoms with Crippen molar-refractivity contribution in [2.45, 2.75) is 25.7 Å². The SMILES string of the molecule is O=C(Cc1cccs1)Nc1ccccc1NC(=O)[C@H]1CC=CCC1. The average Bonchev–Trinajstić information content (AvgIpc) is 3.10. The molecule has 0 bridgehead atoms.